The van der Waals surface area contributed by atoms with Crippen LogP contribution in [0.1, 0.15) is 0 Å². The van der Waals surface area contributed by atoms with Gasteiger partial charge in [0.05, 0.1) is 53.0 Å². The third kappa shape index (κ3) is 5.43. The number of H-pyrrole nitrogens is 1. The van der Waals surface area contributed by atoms with Gasteiger partial charge >= 0.3 is 0 Å². The predicted octanol–water partition coefficient (Wildman–Crippen LogP) is 4.20. The molecule has 0 atom stereocenters. The van der Waals surface area contributed by atoms with Crippen LogP contribution in [0.4, 0.5) is 0 Å². The van der Waals surface area contributed by atoms with E-state index in [9.17, 15) is 0 Å². The van der Waals surface area contributed by atoms with Crippen molar-refractivity contribution in [2.45, 2.75) is 5.16 Å². The molecule has 0 unspecified atom stereocenters. The van der Waals surface area contributed by atoms with Gasteiger partial charge in [0.1, 0.15) is 0 Å². The van der Waals surface area contributed by atoms with Crippen LogP contribution in [-0.4, -0.2) is 81.9 Å². The second-order valence-electron chi connectivity index (χ2n) is 7.71. The molecule has 2 heterocycles. The Morgan fingerprint density at radius 1 is 0.853 bits per heavy atom. The van der Waals surface area contributed by atoms with E-state index in [1.54, 1.807) is 40.2 Å². The number of aromatic nitrogens is 2. The summed E-state index contributed by atoms with van der Waals surface area (Å²) in [4.78, 5) is 10.9. The van der Waals surface area contributed by atoms with E-state index < -0.39 is 0 Å². The number of rotatable bonds is 10. The number of hydrogen-bond donors (Lipinski definition) is 1. The Balaban J connectivity index is 1.67. The lowest BCUT2D eigenvalue weighted by Gasteiger charge is -2.26. The van der Waals surface area contributed by atoms with Crippen LogP contribution in [0.5, 0.6) is 23.0 Å². The van der Waals surface area contributed by atoms with Gasteiger partial charge in [0.15, 0.2) is 28.2 Å². The van der Waals surface area contributed by atoms with E-state index in [0.29, 0.717) is 23.0 Å². The molecule has 0 bridgehead atoms. The molecule has 1 aromatic heterocycles. The molecule has 0 amide bonds. The minimum absolute atomic E-state index is 0.655. The molecule has 0 saturated carbocycles. The van der Waals surface area contributed by atoms with Gasteiger partial charge in [-0.05, 0) is 36.4 Å². The van der Waals surface area contributed by atoms with Crippen molar-refractivity contribution < 1.29 is 23.7 Å². The van der Waals surface area contributed by atoms with E-state index in [-0.39, 0.29) is 0 Å². The smallest absolute Gasteiger partial charge is 0.166 e. The van der Waals surface area contributed by atoms with Crippen LogP contribution in [0.15, 0.2) is 41.6 Å². The summed E-state index contributed by atoms with van der Waals surface area (Å²) in [5.41, 5.74) is 3.62. The standard InChI is InChI=1S/C25H31N3O5S/c1-29-19-7-5-17(15-21(19)31-3)23-24(18-6-8-20(30-2)22(16-18)32-4)27-25(26-23)34-14-11-28-9-12-33-13-10-28/h5-8,15-16H,9-14H2,1-4H3,(H,26,27). The maximum Gasteiger partial charge on any atom is 0.166 e. The highest BCUT2D eigenvalue weighted by molar-refractivity contribution is 7.99. The fourth-order valence-corrected chi connectivity index (χ4v) is 4.78. The number of nitrogens with one attached hydrogen (secondary N) is 1. The van der Waals surface area contributed by atoms with Crippen molar-refractivity contribution in [2.24, 2.45) is 0 Å². The van der Waals surface area contributed by atoms with E-state index in [1.165, 1.54) is 0 Å². The van der Waals surface area contributed by atoms with Crippen molar-refractivity contribution in [3.8, 4) is 45.5 Å². The van der Waals surface area contributed by atoms with Crippen LogP contribution in [-0.2, 0) is 4.74 Å². The normalized spacial score (nSPS) is 14.1. The minimum atomic E-state index is 0.655. The first kappa shape index (κ1) is 24.3. The predicted molar refractivity (Wildman–Crippen MR) is 134 cm³/mol. The summed E-state index contributed by atoms with van der Waals surface area (Å²) in [7, 11) is 6.53. The number of benzene rings is 2. The Labute approximate surface area is 204 Å². The zero-order valence-electron chi connectivity index (χ0n) is 20.1. The van der Waals surface area contributed by atoms with Crippen LogP contribution < -0.4 is 18.9 Å². The van der Waals surface area contributed by atoms with E-state index in [2.05, 4.69) is 9.88 Å². The third-order valence-electron chi connectivity index (χ3n) is 5.76. The molecule has 0 spiro atoms. The van der Waals surface area contributed by atoms with Gasteiger partial charge in [-0.2, -0.15) is 0 Å². The second kappa shape index (κ2) is 11.5. The van der Waals surface area contributed by atoms with Crippen LogP contribution >= 0.6 is 11.8 Å². The number of hydrogen-bond acceptors (Lipinski definition) is 8. The first-order chi connectivity index (χ1) is 16.7. The average molecular weight is 486 g/mol. The molecule has 0 radical (unpaired) electrons. The number of morpholine rings is 1. The van der Waals surface area contributed by atoms with Gasteiger partial charge in [-0.1, -0.05) is 11.8 Å². The molecule has 1 N–H and O–H groups in total. The van der Waals surface area contributed by atoms with Gasteiger partial charge in [-0.3, -0.25) is 4.90 Å². The minimum Gasteiger partial charge on any atom is -0.493 e. The van der Waals surface area contributed by atoms with Crippen LogP contribution in [0.3, 0.4) is 0 Å². The molecule has 1 fully saturated rings. The number of thioether (sulfide) groups is 1. The van der Waals surface area contributed by atoms with Crippen LogP contribution in [0, 0.1) is 0 Å². The SMILES string of the molecule is COc1ccc(-c2nc(SCCN3CCOCC3)[nH]c2-c2ccc(OC)c(OC)c2)cc1OC. The van der Waals surface area contributed by atoms with Crippen molar-refractivity contribution in [1.29, 1.82) is 0 Å². The Morgan fingerprint density at radius 2 is 1.44 bits per heavy atom. The molecule has 8 nitrogen and oxygen atoms in total. The fraction of sp³-hybridized carbons (Fsp3) is 0.400. The molecule has 3 aromatic rings. The van der Waals surface area contributed by atoms with Gasteiger partial charge in [0.25, 0.3) is 0 Å². The highest BCUT2D eigenvalue weighted by Crippen LogP contribution is 2.39. The average Bonchev–Trinajstić information content (AvgIpc) is 3.32. The molecule has 1 saturated heterocycles. The maximum absolute atomic E-state index is 5.53. The lowest BCUT2D eigenvalue weighted by Crippen LogP contribution is -2.37. The molecule has 34 heavy (non-hydrogen) atoms. The highest BCUT2D eigenvalue weighted by atomic mass is 32.2. The Morgan fingerprint density at radius 3 is 2.06 bits per heavy atom. The highest BCUT2D eigenvalue weighted by Gasteiger charge is 2.19. The molecule has 1 aliphatic rings. The summed E-state index contributed by atoms with van der Waals surface area (Å²) in [6.45, 7) is 4.56. The van der Waals surface area contributed by atoms with E-state index >= 15 is 0 Å². The summed E-state index contributed by atoms with van der Waals surface area (Å²) in [6.07, 6.45) is 0. The summed E-state index contributed by atoms with van der Waals surface area (Å²) in [5, 5.41) is 0.864. The van der Waals surface area contributed by atoms with Crippen LogP contribution in [0.2, 0.25) is 0 Å². The summed E-state index contributed by atoms with van der Waals surface area (Å²) < 4.78 is 27.3. The van der Waals surface area contributed by atoms with E-state index in [4.69, 9.17) is 28.7 Å². The fourth-order valence-electron chi connectivity index (χ4n) is 3.91. The van der Waals surface area contributed by atoms with Gasteiger partial charge in [-0.15, -0.1) is 0 Å². The molecule has 9 heteroatoms. The summed E-state index contributed by atoms with van der Waals surface area (Å²) >= 11 is 1.71. The largest absolute Gasteiger partial charge is 0.493 e. The quantitative estimate of drug-likeness (QED) is 0.428. The van der Waals surface area contributed by atoms with E-state index in [0.717, 1.165) is 66.3 Å². The molecule has 4 rings (SSSR count). The van der Waals surface area contributed by atoms with Gasteiger partial charge in [0, 0.05) is 36.5 Å². The second-order valence-corrected chi connectivity index (χ2v) is 8.79. The van der Waals surface area contributed by atoms with E-state index in [1.807, 2.05) is 36.4 Å². The monoisotopic (exact) mass is 485 g/mol. The lowest BCUT2D eigenvalue weighted by atomic mass is 10.0. The van der Waals surface area contributed by atoms with Crippen molar-refractivity contribution in [3.05, 3.63) is 36.4 Å². The maximum atomic E-state index is 5.53. The first-order valence-corrected chi connectivity index (χ1v) is 12.1. The molecule has 0 aliphatic carbocycles. The zero-order chi connectivity index (χ0) is 23.9. The number of imidazole rings is 1. The molecular weight excluding hydrogens is 454 g/mol. The van der Waals surface area contributed by atoms with Gasteiger partial charge in [0.2, 0.25) is 0 Å². The van der Waals surface area contributed by atoms with Gasteiger partial charge in [-0.25, -0.2) is 4.98 Å². The molecular formula is C25H31N3O5S. The number of aromatic amines is 1. The summed E-state index contributed by atoms with van der Waals surface area (Å²) in [6, 6.07) is 11.7. The Bertz CT molecular complexity index is 1030. The number of ether oxygens (including phenoxy) is 5. The Hall–Kier alpha value is -2.88. The summed E-state index contributed by atoms with van der Waals surface area (Å²) in [5.74, 6) is 3.61. The number of methoxy groups -OCH3 is 4. The topological polar surface area (TPSA) is 78.1 Å². The first-order valence-electron chi connectivity index (χ1n) is 11.1. The van der Waals surface area contributed by atoms with Crippen molar-refractivity contribution in [1.82, 2.24) is 14.9 Å². The zero-order valence-corrected chi connectivity index (χ0v) is 20.9. The molecule has 1 aliphatic heterocycles. The Kier molecular flexibility index (Phi) is 8.21. The lowest BCUT2D eigenvalue weighted by molar-refractivity contribution is 0.0410. The number of nitrogens with zero attached hydrogens (tertiary/aromatic N) is 2. The van der Waals surface area contributed by atoms with Crippen LogP contribution in [0.25, 0.3) is 22.5 Å². The molecule has 2 aromatic carbocycles. The molecule has 182 valence electrons. The van der Waals surface area contributed by atoms with Crippen molar-refractivity contribution in [3.63, 3.8) is 0 Å². The third-order valence-corrected chi connectivity index (χ3v) is 6.61. The van der Waals surface area contributed by atoms with Crippen molar-refractivity contribution >= 4 is 11.8 Å². The van der Waals surface area contributed by atoms with Crippen molar-refractivity contribution in [2.75, 3.05) is 67.0 Å². The van der Waals surface area contributed by atoms with Gasteiger partial charge < -0.3 is 28.7 Å².